The van der Waals surface area contributed by atoms with Crippen LogP contribution in [0.4, 0.5) is 10.5 Å². The van der Waals surface area contributed by atoms with Gasteiger partial charge in [0, 0.05) is 5.02 Å². The first-order valence-corrected chi connectivity index (χ1v) is 7.84. The number of anilines is 1. The molecule has 0 saturated carbocycles. The van der Waals surface area contributed by atoms with Crippen LogP contribution in [-0.4, -0.2) is 17.8 Å². The second-order valence-electron chi connectivity index (χ2n) is 4.58. The number of halogens is 2. The molecule has 1 aromatic heterocycles. The van der Waals surface area contributed by atoms with Crippen LogP contribution in [0.3, 0.4) is 0 Å². The topological polar surface area (TPSA) is 79.6 Å². The molecule has 23 heavy (non-hydrogen) atoms. The fourth-order valence-electron chi connectivity index (χ4n) is 2.03. The van der Waals surface area contributed by atoms with E-state index in [9.17, 15) is 14.4 Å². The molecule has 1 aliphatic heterocycles. The fourth-order valence-corrected chi connectivity index (χ4v) is 2.59. The molecule has 1 N–H and O–H groups in total. The molecule has 0 atom stereocenters. The molecule has 2 aromatic rings. The number of hydrogen-bond acceptors (Lipinski definition) is 4. The Balaban J connectivity index is 2.00. The predicted octanol–water partition coefficient (Wildman–Crippen LogP) is 3.20. The van der Waals surface area contributed by atoms with Crippen LogP contribution in [0.5, 0.6) is 0 Å². The molecule has 4 amide bonds. The summed E-state index contributed by atoms with van der Waals surface area (Å²) in [6.45, 7) is 0. The van der Waals surface area contributed by atoms with Crippen LogP contribution in [0.15, 0.2) is 46.4 Å². The second-order valence-corrected chi connectivity index (χ2v) is 6.08. The zero-order chi connectivity index (χ0) is 16.6. The van der Waals surface area contributed by atoms with Crippen molar-refractivity contribution in [3.63, 3.8) is 0 Å². The molecule has 8 heteroatoms. The highest BCUT2D eigenvalue weighted by Crippen LogP contribution is 2.24. The van der Waals surface area contributed by atoms with E-state index in [1.54, 1.807) is 24.3 Å². The molecule has 3 rings (SSSR count). The summed E-state index contributed by atoms with van der Waals surface area (Å²) in [5.74, 6) is -1.15. The minimum absolute atomic E-state index is 0.190. The van der Waals surface area contributed by atoms with Crippen LogP contribution in [0, 0.1) is 3.77 Å². The van der Waals surface area contributed by atoms with Crippen LogP contribution in [0.2, 0.25) is 5.02 Å². The van der Waals surface area contributed by atoms with Gasteiger partial charge in [0.05, 0.1) is 5.69 Å². The summed E-state index contributed by atoms with van der Waals surface area (Å²) in [5, 5.41) is 2.60. The zero-order valence-electron chi connectivity index (χ0n) is 11.4. The quantitative estimate of drug-likeness (QED) is 0.440. The standard InChI is InChI=1S/C15H8ClIN2O4/c16-8-1-3-9(4-2-8)19-14(21)11(13(20)18-15(19)22)7-10-5-6-12(17)23-10/h1-7H,(H,18,20,22)/b11-7+. The Morgan fingerprint density at radius 2 is 1.78 bits per heavy atom. The molecule has 0 bridgehead atoms. The van der Waals surface area contributed by atoms with E-state index in [0.29, 0.717) is 20.2 Å². The van der Waals surface area contributed by atoms with Gasteiger partial charge in [-0.2, -0.15) is 0 Å². The summed E-state index contributed by atoms with van der Waals surface area (Å²) in [7, 11) is 0. The van der Waals surface area contributed by atoms with Crippen molar-refractivity contribution < 1.29 is 18.8 Å². The van der Waals surface area contributed by atoms with Crippen LogP contribution in [0.1, 0.15) is 5.76 Å². The number of furan rings is 1. The number of nitrogens with one attached hydrogen (secondary N) is 1. The Labute approximate surface area is 149 Å². The van der Waals surface area contributed by atoms with Crippen LogP contribution >= 0.6 is 34.2 Å². The molecule has 116 valence electrons. The van der Waals surface area contributed by atoms with E-state index >= 15 is 0 Å². The van der Waals surface area contributed by atoms with E-state index in [1.807, 2.05) is 22.6 Å². The minimum atomic E-state index is -0.812. The van der Waals surface area contributed by atoms with Crippen molar-refractivity contribution in [1.29, 1.82) is 0 Å². The minimum Gasteiger partial charge on any atom is -0.451 e. The van der Waals surface area contributed by atoms with Crippen LogP contribution < -0.4 is 10.2 Å². The lowest BCUT2D eigenvalue weighted by atomic mass is 10.1. The van der Waals surface area contributed by atoms with E-state index in [2.05, 4.69) is 5.32 Å². The Kier molecular flexibility index (Phi) is 4.22. The molecule has 1 aromatic carbocycles. The number of barbiturate groups is 1. The van der Waals surface area contributed by atoms with Crippen molar-refractivity contribution in [2.24, 2.45) is 0 Å². The molecule has 1 saturated heterocycles. The van der Waals surface area contributed by atoms with Crippen molar-refractivity contribution in [1.82, 2.24) is 5.32 Å². The van der Waals surface area contributed by atoms with E-state index in [1.165, 1.54) is 18.2 Å². The molecular weight excluding hydrogens is 435 g/mol. The number of rotatable bonds is 2. The number of carbonyl (C=O) groups excluding carboxylic acids is 3. The molecule has 0 spiro atoms. The number of nitrogens with zero attached hydrogens (tertiary/aromatic N) is 1. The van der Waals surface area contributed by atoms with E-state index in [-0.39, 0.29) is 5.57 Å². The van der Waals surface area contributed by atoms with Crippen LogP contribution in [0.25, 0.3) is 6.08 Å². The molecular formula is C15H8ClIN2O4. The monoisotopic (exact) mass is 442 g/mol. The van der Waals surface area contributed by atoms with Crippen molar-refractivity contribution in [2.75, 3.05) is 4.90 Å². The number of benzene rings is 1. The summed E-state index contributed by atoms with van der Waals surface area (Å²) in [5.41, 5.74) is 0.120. The number of imide groups is 2. The summed E-state index contributed by atoms with van der Waals surface area (Å²) >= 11 is 7.77. The molecule has 6 nitrogen and oxygen atoms in total. The lowest BCUT2D eigenvalue weighted by Gasteiger charge is -2.26. The summed E-state index contributed by atoms with van der Waals surface area (Å²) in [6, 6.07) is 8.64. The van der Waals surface area contributed by atoms with Gasteiger partial charge in [-0.05, 0) is 65.1 Å². The number of hydrogen-bond donors (Lipinski definition) is 1. The first-order valence-electron chi connectivity index (χ1n) is 6.38. The van der Waals surface area contributed by atoms with E-state index in [0.717, 1.165) is 4.90 Å². The highest BCUT2D eigenvalue weighted by Gasteiger charge is 2.36. The molecule has 1 fully saturated rings. The third-order valence-electron chi connectivity index (χ3n) is 3.07. The molecule has 1 aliphatic rings. The van der Waals surface area contributed by atoms with Gasteiger partial charge in [0.15, 0.2) is 3.77 Å². The largest absolute Gasteiger partial charge is 0.451 e. The van der Waals surface area contributed by atoms with Gasteiger partial charge in [0.1, 0.15) is 11.3 Å². The van der Waals surface area contributed by atoms with E-state index < -0.39 is 17.8 Å². The molecule has 0 radical (unpaired) electrons. The number of carbonyl (C=O) groups is 3. The summed E-state index contributed by atoms with van der Waals surface area (Å²) < 4.78 is 5.94. The smallest absolute Gasteiger partial charge is 0.335 e. The van der Waals surface area contributed by atoms with E-state index in [4.69, 9.17) is 16.0 Å². The maximum atomic E-state index is 12.5. The van der Waals surface area contributed by atoms with Crippen molar-refractivity contribution in [3.8, 4) is 0 Å². The van der Waals surface area contributed by atoms with Crippen molar-refractivity contribution in [3.05, 3.63) is 56.5 Å². The van der Waals surface area contributed by atoms with Gasteiger partial charge in [-0.3, -0.25) is 14.9 Å². The first kappa shape index (κ1) is 15.8. The first-order chi connectivity index (χ1) is 11.0. The molecule has 2 heterocycles. The average Bonchev–Trinajstić information content (AvgIpc) is 2.91. The Morgan fingerprint density at radius 1 is 1.09 bits per heavy atom. The zero-order valence-corrected chi connectivity index (χ0v) is 14.3. The molecule has 0 unspecified atom stereocenters. The van der Waals surface area contributed by atoms with Crippen molar-refractivity contribution >= 4 is 63.8 Å². The fraction of sp³-hybridized carbons (Fsp3) is 0. The maximum absolute atomic E-state index is 12.5. The lowest BCUT2D eigenvalue weighted by molar-refractivity contribution is -0.122. The SMILES string of the molecule is O=C1NC(=O)N(c2ccc(Cl)cc2)C(=O)/C1=C/c1ccc(I)o1. The number of amides is 4. The van der Waals surface area contributed by atoms with Gasteiger partial charge in [-0.15, -0.1) is 0 Å². The Bertz CT molecular complexity index is 841. The molecule has 0 aliphatic carbocycles. The Morgan fingerprint density at radius 3 is 2.39 bits per heavy atom. The number of urea groups is 1. The third-order valence-corrected chi connectivity index (χ3v) is 3.90. The van der Waals surface area contributed by atoms with Gasteiger partial charge in [-0.1, -0.05) is 11.6 Å². The maximum Gasteiger partial charge on any atom is 0.335 e. The summed E-state index contributed by atoms with van der Waals surface area (Å²) in [6.07, 6.45) is 1.30. The van der Waals surface area contributed by atoms with Gasteiger partial charge in [0.2, 0.25) is 0 Å². The third kappa shape index (κ3) is 3.15. The average molecular weight is 443 g/mol. The predicted molar refractivity (Wildman–Crippen MR) is 91.9 cm³/mol. The van der Waals surface area contributed by atoms with Gasteiger partial charge < -0.3 is 4.42 Å². The van der Waals surface area contributed by atoms with Gasteiger partial charge in [-0.25, -0.2) is 9.69 Å². The van der Waals surface area contributed by atoms with Crippen molar-refractivity contribution in [2.45, 2.75) is 0 Å². The normalized spacial score (nSPS) is 16.9. The second kappa shape index (κ2) is 6.17. The lowest BCUT2D eigenvalue weighted by Crippen LogP contribution is -2.54. The Hall–Kier alpha value is -2.13. The highest BCUT2D eigenvalue weighted by molar-refractivity contribution is 14.1. The highest BCUT2D eigenvalue weighted by atomic mass is 127. The summed E-state index contributed by atoms with van der Waals surface area (Å²) in [4.78, 5) is 37.4. The van der Waals surface area contributed by atoms with Gasteiger partial charge in [0.25, 0.3) is 11.8 Å². The van der Waals surface area contributed by atoms with Gasteiger partial charge >= 0.3 is 6.03 Å². The van der Waals surface area contributed by atoms with Crippen LogP contribution in [-0.2, 0) is 9.59 Å².